The Labute approximate surface area is 96.7 Å². The van der Waals surface area contributed by atoms with Crippen LogP contribution in [0, 0.1) is 11.6 Å². The van der Waals surface area contributed by atoms with Crippen molar-refractivity contribution in [2.45, 2.75) is 6.42 Å². The molecule has 0 aliphatic carbocycles. The van der Waals surface area contributed by atoms with Crippen molar-refractivity contribution in [2.24, 2.45) is 0 Å². The van der Waals surface area contributed by atoms with Crippen LogP contribution in [0.3, 0.4) is 0 Å². The molecule has 0 spiro atoms. The zero-order valence-electron chi connectivity index (χ0n) is 9.07. The molecule has 5 heteroatoms. The molecular weight excluding hydrogens is 230 g/mol. The normalized spacial score (nSPS) is 10.5. The Morgan fingerprint density at radius 1 is 1.35 bits per heavy atom. The zero-order valence-corrected chi connectivity index (χ0v) is 9.07. The van der Waals surface area contributed by atoms with E-state index >= 15 is 0 Å². The Bertz CT molecular complexity index is 444. The molecule has 0 aliphatic heterocycles. The molecule has 0 heterocycles. The average Bonchev–Trinajstić information content (AvgIpc) is 2.28. The van der Waals surface area contributed by atoms with Crippen LogP contribution in [-0.2, 0) is 9.53 Å². The van der Waals surface area contributed by atoms with Crippen LogP contribution in [-0.4, -0.2) is 19.4 Å². The SMILES string of the molecule is COC(=O)CC=Cc1cc(F)c(C=O)c(F)c1. The number of carbonyl (C=O) groups excluding carboxylic acids is 2. The van der Waals surface area contributed by atoms with E-state index in [4.69, 9.17) is 0 Å². The highest BCUT2D eigenvalue weighted by molar-refractivity contribution is 5.77. The molecule has 0 amide bonds. The Morgan fingerprint density at radius 2 is 1.94 bits per heavy atom. The van der Waals surface area contributed by atoms with Crippen LogP contribution in [0.4, 0.5) is 8.78 Å². The van der Waals surface area contributed by atoms with Gasteiger partial charge in [0.2, 0.25) is 0 Å². The van der Waals surface area contributed by atoms with Gasteiger partial charge in [0.1, 0.15) is 11.6 Å². The Morgan fingerprint density at radius 3 is 2.41 bits per heavy atom. The number of aldehydes is 1. The molecule has 3 nitrogen and oxygen atoms in total. The van der Waals surface area contributed by atoms with Crippen LogP contribution in [0.15, 0.2) is 18.2 Å². The number of esters is 1. The summed E-state index contributed by atoms with van der Waals surface area (Å²) in [5.74, 6) is -2.32. The lowest BCUT2D eigenvalue weighted by Crippen LogP contribution is -1.97. The number of hydrogen-bond acceptors (Lipinski definition) is 3. The molecule has 0 bridgehead atoms. The first-order valence-electron chi connectivity index (χ1n) is 4.76. The summed E-state index contributed by atoms with van der Waals surface area (Å²) in [4.78, 5) is 21.1. The summed E-state index contributed by atoms with van der Waals surface area (Å²) in [5, 5.41) is 0. The predicted octanol–water partition coefficient (Wildman–Crippen LogP) is 2.35. The molecule has 1 aromatic rings. The van der Waals surface area contributed by atoms with Gasteiger partial charge < -0.3 is 4.74 Å². The van der Waals surface area contributed by atoms with E-state index in [1.165, 1.54) is 19.3 Å². The highest BCUT2D eigenvalue weighted by Gasteiger charge is 2.08. The van der Waals surface area contributed by atoms with Crippen molar-refractivity contribution in [2.75, 3.05) is 7.11 Å². The van der Waals surface area contributed by atoms with Gasteiger partial charge in [0.25, 0.3) is 0 Å². The smallest absolute Gasteiger partial charge is 0.309 e. The molecule has 0 saturated carbocycles. The lowest BCUT2D eigenvalue weighted by Gasteiger charge is -1.99. The number of methoxy groups -OCH3 is 1. The monoisotopic (exact) mass is 240 g/mol. The molecule has 0 aliphatic rings. The summed E-state index contributed by atoms with van der Waals surface area (Å²) in [6, 6.07) is 2.03. The van der Waals surface area contributed by atoms with Crippen molar-refractivity contribution >= 4 is 18.3 Å². The first-order chi connectivity index (χ1) is 8.08. The minimum absolute atomic E-state index is 0.00910. The molecule has 0 aromatic heterocycles. The fraction of sp³-hybridized carbons (Fsp3) is 0.167. The van der Waals surface area contributed by atoms with E-state index in [2.05, 4.69) is 4.74 Å². The van der Waals surface area contributed by atoms with Crippen molar-refractivity contribution in [1.29, 1.82) is 0 Å². The average molecular weight is 240 g/mol. The minimum atomic E-state index is -0.933. The van der Waals surface area contributed by atoms with Gasteiger partial charge in [-0.15, -0.1) is 0 Å². The lowest BCUT2D eigenvalue weighted by molar-refractivity contribution is -0.139. The lowest BCUT2D eigenvalue weighted by atomic mass is 10.1. The van der Waals surface area contributed by atoms with E-state index in [1.807, 2.05) is 0 Å². The quantitative estimate of drug-likeness (QED) is 0.599. The molecule has 1 rings (SSSR count). The number of benzene rings is 1. The van der Waals surface area contributed by atoms with E-state index in [-0.39, 0.29) is 18.3 Å². The maximum atomic E-state index is 13.2. The van der Waals surface area contributed by atoms with E-state index in [9.17, 15) is 18.4 Å². The summed E-state index contributed by atoms with van der Waals surface area (Å²) < 4.78 is 30.7. The molecule has 0 radical (unpaired) electrons. The predicted molar refractivity (Wildman–Crippen MR) is 57.4 cm³/mol. The first kappa shape index (κ1) is 13.0. The summed E-state index contributed by atoms with van der Waals surface area (Å²) in [6.45, 7) is 0. The topological polar surface area (TPSA) is 43.4 Å². The second-order valence-electron chi connectivity index (χ2n) is 3.20. The zero-order chi connectivity index (χ0) is 12.8. The van der Waals surface area contributed by atoms with Crippen molar-refractivity contribution in [3.05, 3.63) is 41.0 Å². The Balaban J connectivity index is 2.86. The first-order valence-corrected chi connectivity index (χ1v) is 4.76. The third kappa shape index (κ3) is 3.48. The fourth-order valence-electron chi connectivity index (χ4n) is 1.19. The summed E-state index contributed by atoms with van der Waals surface area (Å²) in [6.07, 6.45) is 2.92. The molecule has 1 aromatic carbocycles. The van der Waals surface area contributed by atoms with Crippen molar-refractivity contribution < 1.29 is 23.1 Å². The highest BCUT2D eigenvalue weighted by atomic mass is 19.1. The van der Waals surface area contributed by atoms with E-state index in [0.29, 0.717) is 0 Å². The number of carbonyl (C=O) groups is 2. The Kier molecular flexibility index (Phi) is 4.51. The largest absolute Gasteiger partial charge is 0.469 e. The number of rotatable bonds is 4. The molecular formula is C12H10F2O3. The fourth-order valence-corrected chi connectivity index (χ4v) is 1.19. The van der Waals surface area contributed by atoms with Gasteiger partial charge in [0.15, 0.2) is 6.29 Å². The van der Waals surface area contributed by atoms with Gasteiger partial charge in [0.05, 0.1) is 19.1 Å². The Hall–Kier alpha value is -2.04. The number of halogens is 2. The molecule has 0 atom stereocenters. The standard InChI is InChI=1S/C12H10F2O3/c1-17-12(16)4-2-3-8-5-10(13)9(7-15)11(14)6-8/h2-3,5-7H,4H2,1H3. The van der Waals surface area contributed by atoms with Gasteiger partial charge in [-0.1, -0.05) is 12.2 Å². The third-order valence-electron chi connectivity index (χ3n) is 2.04. The summed E-state index contributed by atoms with van der Waals surface area (Å²) in [7, 11) is 1.24. The van der Waals surface area contributed by atoms with Gasteiger partial charge in [-0.05, 0) is 17.7 Å². The van der Waals surface area contributed by atoms with Gasteiger partial charge in [0, 0.05) is 0 Å². The van der Waals surface area contributed by atoms with Crippen LogP contribution in [0.2, 0.25) is 0 Å². The van der Waals surface area contributed by atoms with Crippen molar-refractivity contribution in [3.63, 3.8) is 0 Å². The number of hydrogen-bond donors (Lipinski definition) is 0. The maximum absolute atomic E-state index is 13.2. The molecule has 17 heavy (non-hydrogen) atoms. The van der Waals surface area contributed by atoms with E-state index in [1.54, 1.807) is 0 Å². The molecule has 0 saturated heterocycles. The van der Waals surface area contributed by atoms with E-state index < -0.39 is 23.2 Å². The van der Waals surface area contributed by atoms with Crippen LogP contribution in [0.5, 0.6) is 0 Å². The van der Waals surface area contributed by atoms with Gasteiger partial charge in [-0.2, -0.15) is 0 Å². The maximum Gasteiger partial charge on any atom is 0.309 e. The van der Waals surface area contributed by atoms with Crippen LogP contribution in [0.1, 0.15) is 22.3 Å². The second kappa shape index (κ2) is 5.89. The second-order valence-corrected chi connectivity index (χ2v) is 3.20. The van der Waals surface area contributed by atoms with Crippen molar-refractivity contribution in [3.8, 4) is 0 Å². The summed E-state index contributed by atoms with van der Waals surface area (Å²) in [5.41, 5.74) is -0.371. The van der Waals surface area contributed by atoms with Gasteiger partial charge >= 0.3 is 5.97 Å². The van der Waals surface area contributed by atoms with Gasteiger partial charge in [-0.25, -0.2) is 8.78 Å². The van der Waals surface area contributed by atoms with Crippen LogP contribution < -0.4 is 0 Å². The molecule has 0 unspecified atom stereocenters. The van der Waals surface area contributed by atoms with Crippen LogP contribution in [0.25, 0.3) is 6.08 Å². The minimum Gasteiger partial charge on any atom is -0.469 e. The van der Waals surface area contributed by atoms with Crippen molar-refractivity contribution in [1.82, 2.24) is 0 Å². The molecule has 0 N–H and O–H groups in total. The third-order valence-corrected chi connectivity index (χ3v) is 2.04. The van der Waals surface area contributed by atoms with Gasteiger partial charge in [-0.3, -0.25) is 9.59 Å². The molecule has 90 valence electrons. The highest BCUT2D eigenvalue weighted by Crippen LogP contribution is 2.15. The van der Waals surface area contributed by atoms with E-state index in [0.717, 1.165) is 12.1 Å². The number of ether oxygens (including phenoxy) is 1. The summed E-state index contributed by atoms with van der Waals surface area (Å²) >= 11 is 0. The van der Waals surface area contributed by atoms with Crippen LogP contribution >= 0.6 is 0 Å². The molecule has 0 fully saturated rings.